The molecule has 0 spiro atoms. The molecule has 0 atom stereocenters. The SMILES string of the molecule is CCn1nc(C)c(-c2nc(-c3ccc(CN)cc3)no2)c1C.Cl. The molecule has 2 aromatic heterocycles. The highest BCUT2D eigenvalue weighted by molar-refractivity contribution is 5.85. The number of nitrogens with zero attached hydrogens (tertiary/aromatic N) is 4. The van der Waals surface area contributed by atoms with Crippen LogP contribution in [0.4, 0.5) is 0 Å². The van der Waals surface area contributed by atoms with E-state index in [-0.39, 0.29) is 12.4 Å². The molecule has 3 aromatic rings. The van der Waals surface area contributed by atoms with E-state index < -0.39 is 0 Å². The third-order valence-electron chi connectivity index (χ3n) is 3.77. The van der Waals surface area contributed by atoms with E-state index in [1.165, 1.54) is 0 Å². The maximum Gasteiger partial charge on any atom is 0.261 e. The Morgan fingerprint density at radius 2 is 1.87 bits per heavy atom. The summed E-state index contributed by atoms with van der Waals surface area (Å²) in [6, 6.07) is 7.84. The molecule has 2 N–H and O–H groups in total. The molecule has 122 valence electrons. The summed E-state index contributed by atoms with van der Waals surface area (Å²) in [5.41, 5.74) is 10.4. The second-order valence-electron chi connectivity index (χ2n) is 5.19. The monoisotopic (exact) mass is 333 g/mol. The molecular formula is C16H20ClN5O. The summed E-state index contributed by atoms with van der Waals surface area (Å²) in [5, 5.41) is 8.57. The molecule has 0 bridgehead atoms. The fourth-order valence-corrected chi connectivity index (χ4v) is 2.55. The van der Waals surface area contributed by atoms with Crippen molar-refractivity contribution in [3.05, 3.63) is 41.2 Å². The first-order valence-corrected chi connectivity index (χ1v) is 7.31. The fourth-order valence-electron chi connectivity index (χ4n) is 2.55. The molecule has 0 saturated heterocycles. The molecule has 0 aliphatic rings. The van der Waals surface area contributed by atoms with Gasteiger partial charge in [-0.05, 0) is 26.3 Å². The van der Waals surface area contributed by atoms with Gasteiger partial charge >= 0.3 is 0 Å². The van der Waals surface area contributed by atoms with E-state index in [9.17, 15) is 0 Å². The minimum absolute atomic E-state index is 0. The van der Waals surface area contributed by atoms with E-state index >= 15 is 0 Å². The lowest BCUT2D eigenvalue weighted by Crippen LogP contribution is -1.98. The lowest BCUT2D eigenvalue weighted by Gasteiger charge is -1.98. The highest BCUT2D eigenvalue weighted by Gasteiger charge is 2.19. The molecule has 0 radical (unpaired) electrons. The standard InChI is InChI=1S/C16H19N5O.ClH/c1-4-21-11(3)14(10(2)19-21)16-18-15(20-22-16)13-7-5-12(9-17)6-8-13;/h5-8H,4,9,17H2,1-3H3;1H. The number of benzene rings is 1. The van der Waals surface area contributed by atoms with Crippen molar-refractivity contribution in [3.8, 4) is 22.8 Å². The summed E-state index contributed by atoms with van der Waals surface area (Å²) in [4.78, 5) is 4.51. The van der Waals surface area contributed by atoms with Gasteiger partial charge in [0.2, 0.25) is 5.82 Å². The average molecular weight is 334 g/mol. The number of halogens is 1. The van der Waals surface area contributed by atoms with E-state index in [0.717, 1.165) is 34.6 Å². The van der Waals surface area contributed by atoms with Crippen molar-refractivity contribution in [1.29, 1.82) is 0 Å². The lowest BCUT2D eigenvalue weighted by molar-refractivity contribution is 0.432. The molecule has 23 heavy (non-hydrogen) atoms. The summed E-state index contributed by atoms with van der Waals surface area (Å²) in [5.74, 6) is 1.08. The van der Waals surface area contributed by atoms with Crippen LogP contribution in [0.5, 0.6) is 0 Å². The molecule has 3 rings (SSSR count). The minimum Gasteiger partial charge on any atom is -0.333 e. The summed E-state index contributed by atoms with van der Waals surface area (Å²) in [7, 11) is 0. The zero-order chi connectivity index (χ0) is 15.7. The first-order chi connectivity index (χ1) is 10.6. The first kappa shape index (κ1) is 17.2. The average Bonchev–Trinajstić information content (AvgIpc) is 3.12. The van der Waals surface area contributed by atoms with E-state index in [0.29, 0.717) is 18.3 Å². The van der Waals surface area contributed by atoms with Crippen LogP contribution in [0.1, 0.15) is 23.9 Å². The van der Waals surface area contributed by atoms with Gasteiger partial charge in [-0.1, -0.05) is 29.4 Å². The van der Waals surface area contributed by atoms with Gasteiger partial charge in [-0.25, -0.2) is 0 Å². The van der Waals surface area contributed by atoms with Crippen molar-refractivity contribution in [3.63, 3.8) is 0 Å². The van der Waals surface area contributed by atoms with Gasteiger partial charge in [0.15, 0.2) is 0 Å². The van der Waals surface area contributed by atoms with Crippen molar-refractivity contribution < 1.29 is 4.52 Å². The smallest absolute Gasteiger partial charge is 0.261 e. The van der Waals surface area contributed by atoms with Crippen LogP contribution >= 0.6 is 12.4 Å². The summed E-state index contributed by atoms with van der Waals surface area (Å²) in [6.45, 7) is 7.36. The Hall–Kier alpha value is -2.18. The zero-order valence-corrected chi connectivity index (χ0v) is 14.2. The van der Waals surface area contributed by atoms with Gasteiger partial charge in [-0.3, -0.25) is 4.68 Å². The van der Waals surface area contributed by atoms with Gasteiger partial charge < -0.3 is 10.3 Å². The van der Waals surface area contributed by atoms with Gasteiger partial charge in [0.1, 0.15) is 0 Å². The fraction of sp³-hybridized carbons (Fsp3) is 0.312. The van der Waals surface area contributed by atoms with Crippen LogP contribution in [0.15, 0.2) is 28.8 Å². The molecule has 6 nitrogen and oxygen atoms in total. The van der Waals surface area contributed by atoms with Crippen molar-refractivity contribution in [1.82, 2.24) is 19.9 Å². The Morgan fingerprint density at radius 1 is 1.17 bits per heavy atom. The molecule has 2 heterocycles. The first-order valence-electron chi connectivity index (χ1n) is 7.31. The molecule has 0 fully saturated rings. The lowest BCUT2D eigenvalue weighted by atomic mass is 10.1. The normalized spacial score (nSPS) is 10.6. The largest absolute Gasteiger partial charge is 0.333 e. The van der Waals surface area contributed by atoms with Gasteiger partial charge in [0.05, 0.1) is 11.3 Å². The highest BCUT2D eigenvalue weighted by Crippen LogP contribution is 2.27. The van der Waals surface area contributed by atoms with Crippen molar-refractivity contribution in [2.24, 2.45) is 5.73 Å². The van der Waals surface area contributed by atoms with Crippen LogP contribution in [0.2, 0.25) is 0 Å². The number of nitrogens with two attached hydrogens (primary N) is 1. The molecule has 0 saturated carbocycles. The van der Waals surface area contributed by atoms with Crippen LogP contribution in [-0.4, -0.2) is 19.9 Å². The topological polar surface area (TPSA) is 82.8 Å². The van der Waals surface area contributed by atoms with Gasteiger partial charge in [0, 0.05) is 24.3 Å². The number of hydrogen-bond donors (Lipinski definition) is 1. The Bertz CT molecular complexity index is 791. The number of hydrogen-bond acceptors (Lipinski definition) is 5. The Labute approximate surface area is 141 Å². The predicted molar refractivity (Wildman–Crippen MR) is 91.2 cm³/mol. The zero-order valence-electron chi connectivity index (χ0n) is 13.4. The van der Waals surface area contributed by atoms with Crippen molar-refractivity contribution in [2.45, 2.75) is 33.9 Å². The molecule has 1 aromatic carbocycles. The quantitative estimate of drug-likeness (QED) is 0.793. The molecule has 0 aliphatic carbocycles. The number of rotatable bonds is 4. The molecule has 0 aliphatic heterocycles. The van der Waals surface area contributed by atoms with Crippen molar-refractivity contribution in [2.75, 3.05) is 0 Å². The van der Waals surface area contributed by atoms with Crippen LogP contribution in [0.25, 0.3) is 22.8 Å². The third-order valence-corrected chi connectivity index (χ3v) is 3.77. The van der Waals surface area contributed by atoms with Gasteiger partial charge in [0.25, 0.3) is 5.89 Å². The number of aryl methyl sites for hydroxylation is 2. The molecule has 7 heteroatoms. The van der Waals surface area contributed by atoms with Crippen LogP contribution < -0.4 is 5.73 Å². The third kappa shape index (κ3) is 3.13. The van der Waals surface area contributed by atoms with Crippen LogP contribution in [0.3, 0.4) is 0 Å². The maximum atomic E-state index is 5.61. The Balaban J connectivity index is 0.00000192. The summed E-state index contributed by atoms with van der Waals surface area (Å²) < 4.78 is 7.38. The second kappa shape index (κ2) is 6.93. The van der Waals surface area contributed by atoms with E-state index in [1.807, 2.05) is 42.8 Å². The van der Waals surface area contributed by atoms with E-state index in [4.69, 9.17) is 10.3 Å². The van der Waals surface area contributed by atoms with E-state index in [1.54, 1.807) is 0 Å². The second-order valence-corrected chi connectivity index (χ2v) is 5.19. The molecule has 0 unspecified atom stereocenters. The van der Waals surface area contributed by atoms with Crippen LogP contribution in [-0.2, 0) is 13.1 Å². The maximum absolute atomic E-state index is 5.61. The Morgan fingerprint density at radius 3 is 2.43 bits per heavy atom. The predicted octanol–water partition coefficient (Wildman–Crippen LogP) is 3.12. The number of aromatic nitrogens is 4. The van der Waals surface area contributed by atoms with Gasteiger partial charge in [-0.15, -0.1) is 12.4 Å². The van der Waals surface area contributed by atoms with Gasteiger partial charge in [-0.2, -0.15) is 10.1 Å². The van der Waals surface area contributed by atoms with E-state index in [2.05, 4.69) is 22.2 Å². The molecule has 0 amide bonds. The highest BCUT2D eigenvalue weighted by atomic mass is 35.5. The van der Waals surface area contributed by atoms with Crippen molar-refractivity contribution >= 4 is 12.4 Å². The summed E-state index contributed by atoms with van der Waals surface area (Å²) in [6.07, 6.45) is 0. The Kier molecular flexibility index (Phi) is 5.18. The molecular weight excluding hydrogens is 314 g/mol. The van der Waals surface area contributed by atoms with Crippen LogP contribution in [0, 0.1) is 13.8 Å². The minimum atomic E-state index is 0. The summed E-state index contributed by atoms with van der Waals surface area (Å²) >= 11 is 0.